The smallest absolute Gasteiger partial charge is 0.165 e. The fraction of sp³-hybridized carbons (Fsp3) is 0.0833. The van der Waals surface area contributed by atoms with Crippen molar-refractivity contribution in [3.05, 3.63) is 54.1 Å². The van der Waals surface area contributed by atoms with Crippen LogP contribution in [0.15, 0.2) is 42.7 Å². The number of rotatable bonds is 3. The van der Waals surface area contributed by atoms with Gasteiger partial charge in [-0.1, -0.05) is 12.1 Å². The lowest BCUT2D eigenvalue weighted by molar-refractivity contribution is 0.437. The van der Waals surface area contributed by atoms with E-state index in [0.717, 1.165) is 5.56 Å². The summed E-state index contributed by atoms with van der Waals surface area (Å²) in [5.74, 6) is 0.313. The molecule has 0 bridgehead atoms. The number of hydrogen-bond donors (Lipinski definition) is 1. The van der Waals surface area contributed by atoms with E-state index < -0.39 is 5.82 Å². The van der Waals surface area contributed by atoms with Gasteiger partial charge in [-0.05, 0) is 18.2 Å². The number of ether oxygens (including phenoxy) is 1. The Bertz CT molecular complexity index is 488. The molecular weight excluding hydrogens is 207 g/mol. The summed E-state index contributed by atoms with van der Waals surface area (Å²) in [6.07, 6.45) is 3.19. The Labute approximate surface area is 92.7 Å². The van der Waals surface area contributed by atoms with Crippen LogP contribution >= 0.6 is 0 Å². The third-order valence-corrected chi connectivity index (χ3v) is 2.14. The van der Waals surface area contributed by atoms with Crippen LogP contribution in [0.4, 0.5) is 4.39 Å². The zero-order valence-corrected chi connectivity index (χ0v) is 8.56. The van der Waals surface area contributed by atoms with Crippen LogP contribution in [0.2, 0.25) is 0 Å². The van der Waals surface area contributed by atoms with Crippen LogP contribution in [0.1, 0.15) is 5.56 Å². The summed E-state index contributed by atoms with van der Waals surface area (Å²) < 4.78 is 18.8. The molecule has 82 valence electrons. The van der Waals surface area contributed by atoms with Gasteiger partial charge in [0.15, 0.2) is 11.6 Å². The van der Waals surface area contributed by atoms with E-state index >= 15 is 0 Å². The van der Waals surface area contributed by atoms with E-state index in [4.69, 9.17) is 10.5 Å². The topological polar surface area (TPSA) is 48.1 Å². The van der Waals surface area contributed by atoms with Crippen LogP contribution in [0, 0.1) is 5.82 Å². The molecule has 0 saturated carbocycles. The van der Waals surface area contributed by atoms with Gasteiger partial charge < -0.3 is 10.5 Å². The molecule has 0 unspecified atom stereocenters. The second kappa shape index (κ2) is 4.72. The molecule has 1 heterocycles. The maximum atomic E-state index is 13.3. The Morgan fingerprint density at radius 2 is 2.00 bits per heavy atom. The molecule has 0 amide bonds. The lowest BCUT2D eigenvalue weighted by atomic mass is 10.2. The van der Waals surface area contributed by atoms with Gasteiger partial charge in [0, 0.05) is 24.5 Å². The fourth-order valence-electron chi connectivity index (χ4n) is 1.31. The van der Waals surface area contributed by atoms with E-state index in [2.05, 4.69) is 4.98 Å². The van der Waals surface area contributed by atoms with E-state index in [-0.39, 0.29) is 5.75 Å². The molecule has 0 saturated heterocycles. The molecule has 2 rings (SSSR count). The third kappa shape index (κ3) is 2.17. The van der Waals surface area contributed by atoms with Crippen LogP contribution in [0.3, 0.4) is 0 Å². The first-order chi connectivity index (χ1) is 7.81. The number of nitrogens with two attached hydrogens (primary N) is 1. The number of para-hydroxylation sites is 1. The highest BCUT2D eigenvalue weighted by Gasteiger charge is 2.06. The second-order valence-electron chi connectivity index (χ2n) is 3.22. The highest BCUT2D eigenvalue weighted by atomic mass is 19.1. The van der Waals surface area contributed by atoms with Crippen molar-refractivity contribution in [3.63, 3.8) is 0 Å². The van der Waals surface area contributed by atoms with Gasteiger partial charge in [0.25, 0.3) is 0 Å². The molecule has 0 atom stereocenters. The lowest BCUT2D eigenvalue weighted by Crippen LogP contribution is -2.00. The number of hydrogen-bond acceptors (Lipinski definition) is 3. The first kappa shape index (κ1) is 10.6. The van der Waals surface area contributed by atoms with Crippen molar-refractivity contribution in [1.82, 2.24) is 4.98 Å². The Hall–Kier alpha value is -1.94. The molecule has 0 radical (unpaired) electrons. The average molecular weight is 218 g/mol. The predicted octanol–water partition coefficient (Wildman–Crippen LogP) is 2.47. The largest absolute Gasteiger partial charge is 0.454 e. The molecule has 0 spiro atoms. The summed E-state index contributed by atoms with van der Waals surface area (Å²) in [5, 5.41) is 0. The van der Waals surface area contributed by atoms with E-state index in [1.807, 2.05) is 0 Å². The number of nitrogens with zero attached hydrogens (tertiary/aromatic N) is 1. The zero-order valence-electron chi connectivity index (χ0n) is 8.56. The van der Waals surface area contributed by atoms with E-state index in [1.54, 1.807) is 36.7 Å². The van der Waals surface area contributed by atoms with Crippen LogP contribution in [0.5, 0.6) is 11.5 Å². The zero-order chi connectivity index (χ0) is 11.4. The summed E-state index contributed by atoms with van der Waals surface area (Å²) in [4.78, 5) is 3.93. The van der Waals surface area contributed by atoms with Gasteiger partial charge in [-0.2, -0.15) is 0 Å². The molecule has 0 aliphatic carbocycles. The number of pyridine rings is 1. The molecule has 0 aliphatic heterocycles. The van der Waals surface area contributed by atoms with Gasteiger partial charge in [0.1, 0.15) is 5.75 Å². The van der Waals surface area contributed by atoms with E-state index in [1.165, 1.54) is 6.07 Å². The summed E-state index contributed by atoms with van der Waals surface area (Å²) >= 11 is 0. The molecule has 1 aromatic heterocycles. The Kier molecular flexibility index (Phi) is 3.12. The molecule has 2 aromatic rings. The maximum Gasteiger partial charge on any atom is 0.165 e. The minimum Gasteiger partial charge on any atom is -0.454 e. The fourth-order valence-corrected chi connectivity index (χ4v) is 1.31. The van der Waals surface area contributed by atoms with Crippen molar-refractivity contribution in [2.24, 2.45) is 5.73 Å². The van der Waals surface area contributed by atoms with Crippen LogP contribution in [-0.4, -0.2) is 4.98 Å². The standard InChI is InChI=1S/C12H11FN2O/c13-10-3-1-2-4-12(10)16-11-5-6-15-8-9(11)7-14/h1-6,8H,7,14H2. The maximum absolute atomic E-state index is 13.3. The normalized spacial score (nSPS) is 10.1. The Balaban J connectivity index is 2.30. The van der Waals surface area contributed by atoms with Gasteiger partial charge in [0.05, 0.1) is 0 Å². The minimum atomic E-state index is -0.401. The molecule has 3 nitrogen and oxygen atoms in total. The second-order valence-corrected chi connectivity index (χ2v) is 3.22. The van der Waals surface area contributed by atoms with Crippen molar-refractivity contribution in [1.29, 1.82) is 0 Å². The number of aromatic nitrogens is 1. The monoisotopic (exact) mass is 218 g/mol. The van der Waals surface area contributed by atoms with Crippen molar-refractivity contribution in [2.75, 3.05) is 0 Å². The first-order valence-electron chi connectivity index (χ1n) is 4.86. The molecule has 0 fully saturated rings. The Morgan fingerprint density at radius 3 is 2.75 bits per heavy atom. The van der Waals surface area contributed by atoms with Gasteiger partial charge in [-0.15, -0.1) is 0 Å². The van der Waals surface area contributed by atoms with Crippen LogP contribution < -0.4 is 10.5 Å². The van der Waals surface area contributed by atoms with Crippen LogP contribution in [0.25, 0.3) is 0 Å². The summed E-state index contributed by atoms with van der Waals surface area (Å²) in [7, 11) is 0. The van der Waals surface area contributed by atoms with Crippen molar-refractivity contribution < 1.29 is 9.13 Å². The average Bonchev–Trinajstić information content (AvgIpc) is 2.33. The highest BCUT2D eigenvalue weighted by Crippen LogP contribution is 2.26. The third-order valence-electron chi connectivity index (χ3n) is 2.14. The van der Waals surface area contributed by atoms with Crippen LogP contribution in [-0.2, 0) is 6.54 Å². The first-order valence-corrected chi connectivity index (χ1v) is 4.86. The molecule has 4 heteroatoms. The lowest BCUT2D eigenvalue weighted by Gasteiger charge is -2.09. The van der Waals surface area contributed by atoms with Gasteiger partial charge in [-0.3, -0.25) is 4.98 Å². The van der Waals surface area contributed by atoms with E-state index in [0.29, 0.717) is 12.3 Å². The molecule has 2 N–H and O–H groups in total. The summed E-state index contributed by atoms with van der Waals surface area (Å²) in [6.45, 7) is 0.303. The number of halogens is 1. The highest BCUT2D eigenvalue weighted by molar-refractivity contribution is 5.36. The predicted molar refractivity (Wildman–Crippen MR) is 58.6 cm³/mol. The van der Waals surface area contributed by atoms with Crippen molar-refractivity contribution in [2.45, 2.75) is 6.54 Å². The molecule has 0 aliphatic rings. The summed E-state index contributed by atoms with van der Waals surface area (Å²) in [6, 6.07) is 7.89. The number of benzene rings is 1. The minimum absolute atomic E-state index is 0.184. The Morgan fingerprint density at radius 1 is 1.19 bits per heavy atom. The molecule has 16 heavy (non-hydrogen) atoms. The SMILES string of the molecule is NCc1cnccc1Oc1ccccc1F. The van der Waals surface area contributed by atoms with E-state index in [9.17, 15) is 4.39 Å². The van der Waals surface area contributed by atoms with Crippen molar-refractivity contribution >= 4 is 0 Å². The van der Waals surface area contributed by atoms with Crippen molar-refractivity contribution in [3.8, 4) is 11.5 Å². The quantitative estimate of drug-likeness (QED) is 0.860. The molecular formula is C12H11FN2O. The van der Waals surface area contributed by atoms with Gasteiger partial charge in [0.2, 0.25) is 0 Å². The molecule has 1 aromatic carbocycles. The summed E-state index contributed by atoms with van der Waals surface area (Å²) in [5.41, 5.74) is 6.27. The van der Waals surface area contributed by atoms with Gasteiger partial charge >= 0.3 is 0 Å². The van der Waals surface area contributed by atoms with Gasteiger partial charge in [-0.25, -0.2) is 4.39 Å².